The molecule has 3 nitrogen and oxygen atoms in total. The highest BCUT2D eigenvalue weighted by molar-refractivity contribution is 5.84. The number of phenols is 1. The monoisotopic (exact) mass is 412 g/mol. The summed E-state index contributed by atoms with van der Waals surface area (Å²) >= 11 is 0. The molecule has 0 amide bonds. The Hall–Kier alpha value is -4.24. The molecule has 3 heteroatoms. The third-order valence-corrected chi connectivity index (χ3v) is 6.13. The molecule has 0 saturated heterocycles. The number of hydrogen-bond acceptors (Lipinski definition) is 3. The van der Waals surface area contributed by atoms with Crippen LogP contribution >= 0.6 is 0 Å². The van der Waals surface area contributed by atoms with E-state index >= 15 is 0 Å². The third kappa shape index (κ3) is 2.98. The lowest BCUT2D eigenvalue weighted by Crippen LogP contribution is -2.03. The molecular formula is C29H20N2O. The van der Waals surface area contributed by atoms with Gasteiger partial charge in [0.25, 0.3) is 0 Å². The number of rotatable bonds is 3. The van der Waals surface area contributed by atoms with Crippen molar-refractivity contribution >= 4 is 0 Å². The topological polar surface area (TPSA) is 46.0 Å². The minimum absolute atomic E-state index is 0.0238. The van der Waals surface area contributed by atoms with Gasteiger partial charge >= 0.3 is 0 Å². The number of pyridine rings is 2. The maximum absolute atomic E-state index is 10.4. The van der Waals surface area contributed by atoms with Crippen LogP contribution in [0.2, 0.25) is 0 Å². The maximum atomic E-state index is 10.4. The number of aromatic nitrogens is 2. The van der Waals surface area contributed by atoms with Gasteiger partial charge in [0.1, 0.15) is 5.75 Å². The van der Waals surface area contributed by atoms with E-state index in [0.29, 0.717) is 0 Å². The molecule has 32 heavy (non-hydrogen) atoms. The number of aromatic hydroxyl groups is 1. The minimum Gasteiger partial charge on any atom is -0.507 e. The van der Waals surface area contributed by atoms with E-state index in [9.17, 15) is 5.11 Å². The molecule has 0 saturated carbocycles. The molecule has 2 aromatic heterocycles. The fourth-order valence-corrected chi connectivity index (χ4v) is 4.68. The number of benzene rings is 3. The van der Waals surface area contributed by atoms with Crippen LogP contribution in [-0.4, -0.2) is 15.1 Å². The van der Waals surface area contributed by atoms with Crippen molar-refractivity contribution in [3.05, 3.63) is 126 Å². The van der Waals surface area contributed by atoms with E-state index < -0.39 is 0 Å². The van der Waals surface area contributed by atoms with Crippen LogP contribution in [0.5, 0.6) is 5.75 Å². The van der Waals surface area contributed by atoms with Crippen molar-refractivity contribution in [3.8, 4) is 39.4 Å². The molecule has 5 aromatic rings. The standard InChI is InChI=1S/C29H20N2O/c32-28-14-4-3-8-20(28)19-15-16-22-21-9-1-2-10-23(21)29(24(22)18-19)27-13-7-12-26(31-27)25-11-5-6-17-30-25/h1-18,29,32H. The summed E-state index contributed by atoms with van der Waals surface area (Å²) in [5, 5.41) is 10.4. The number of para-hydroxylation sites is 1. The Morgan fingerprint density at radius 2 is 1.34 bits per heavy atom. The first-order valence-electron chi connectivity index (χ1n) is 10.7. The largest absolute Gasteiger partial charge is 0.507 e. The molecule has 0 aliphatic heterocycles. The Morgan fingerprint density at radius 1 is 0.594 bits per heavy atom. The van der Waals surface area contributed by atoms with Crippen molar-refractivity contribution in [2.24, 2.45) is 0 Å². The van der Waals surface area contributed by atoms with Crippen molar-refractivity contribution in [1.29, 1.82) is 0 Å². The van der Waals surface area contributed by atoms with Gasteiger partial charge in [-0.2, -0.15) is 0 Å². The van der Waals surface area contributed by atoms with Crippen molar-refractivity contribution in [2.45, 2.75) is 5.92 Å². The first kappa shape index (κ1) is 18.5. The van der Waals surface area contributed by atoms with Gasteiger partial charge in [0, 0.05) is 11.8 Å². The van der Waals surface area contributed by atoms with Gasteiger partial charge < -0.3 is 5.11 Å². The molecule has 0 bridgehead atoms. The molecule has 6 rings (SSSR count). The van der Waals surface area contributed by atoms with Crippen molar-refractivity contribution in [2.75, 3.05) is 0 Å². The molecule has 1 aliphatic rings. The summed E-state index contributed by atoms with van der Waals surface area (Å²) in [5.41, 5.74) is 9.47. The van der Waals surface area contributed by atoms with Crippen LogP contribution in [0.3, 0.4) is 0 Å². The highest BCUT2D eigenvalue weighted by Gasteiger charge is 2.31. The van der Waals surface area contributed by atoms with Gasteiger partial charge in [-0.05, 0) is 64.2 Å². The summed E-state index contributed by atoms with van der Waals surface area (Å²) in [6.07, 6.45) is 1.79. The molecule has 1 aliphatic carbocycles. The summed E-state index contributed by atoms with van der Waals surface area (Å²) in [4.78, 5) is 9.51. The molecular weight excluding hydrogens is 392 g/mol. The van der Waals surface area contributed by atoms with E-state index in [1.807, 2.05) is 42.5 Å². The lowest BCUT2D eigenvalue weighted by Gasteiger charge is -2.15. The zero-order valence-corrected chi connectivity index (χ0v) is 17.3. The van der Waals surface area contributed by atoms with Gasteiger partial charge in [-0.25, -0.2) is 0 Å². The first-order valence-corrected chi connectivity index (χ1v) is 10.7. The molecule has 0 fully saturated rings. The Kier molecular flexibility index (Phi) is 4.32. The van der Waals surface area contributed by atoms with Crippen LogP contribution < -0.4 is 0 Å². The van der Waals surface area contributed by atoms with Crippen LogP contribution in [0.4, 0.5) is 0 Å². The number of phenolic OH excluding ortho intramolecular Hbond substituents is 1. The summed E-state index contributed by atoms with van der Waals surface area (Å²) < 4.78 is 0. The van der Waals surface area contributed by atoms with Crippen molar-refractivity contribution < 1.29 is 5.11 Å². The molecule has 1 unspecified atom stereocenters. The van der Waals surface area contributed by atoms with Gasteiger partial charge in [0.15, 0.2) is 0 Å². The van der Waals surface area contributed by atoms with E-state index in [1.165, 1.54) is 22.3 Å². The highest BCUT2D eigenvalue weighted by Crippen LogP contribution is 2.49. The van der Waals surface area contributed by atoms with Crippen LogP contribution in [0.1, 0.15) is 22.7 Å². The number of hydrogen-bond donors (Lipinski definition) is 1. The van der Waals surface area contributed by atoms with Gasteiger partial charge in [-0.15, -0.1) is 0 Å². The number of fused-ring (bicyclic) bond motifs is 3. The second-order valence-electron chi connectivity index (χ2n) is 8.00. The predicted octanol–water partition coefficient (Wildman–Crippen LogP) is 6.68. The Bertz CT molecular complexity index is 1440. The van der Waals surface area contributed by atoms with E-state index in [-0.39, 0.29) is 11.7 Å². The van der Waals surface area contributed by atoms with Gasteiger partial charge in [-0.1, -0.05) is 66.7 Å². The van der Waals surface area contributed by atoms with E-state index in [2.05, 4.69) is 59.6 Å². The fraction of sp³-hybridized carbons (Fsp3) is 0.0345. The summed E-state index contributed by atoms with van der Waals surface area (Å²) in [7, 11) is 0. The molecule has 3 aromatic carbocycles. The third-order valence-electron chi connectivity index (χ3n) is 6.13. The fourth-order valence-electron chi connectivity index (χ4n) is 4.68. The van der Waals surface area contributed by atoms with E-state index in [4.69, 9.17) is 4.98 Å². The second-order valence-corrected chi connectivity index (χ2v) is 8.00. The molecule has 152 valence electrons. The smallest absolute Gasteiger partial charge is 0.123 e. The van der Waals surface area contributed by atoms with Crippen molar-refractivity contribution in [1.82, 2.24) is 9.97 Å². The molecule has 0 spiro atoms. The summed E-state index contributed by atoms with van der Waals surface area (Å²) in [6, 6.07) is 34.5. The zero-order chi connectivity index (χ0) is 21.5. The van der Waals surface area contributed by atoms with Crippen LogP contribution in [0.25, 0.3) is 33.6 Å². The Morgan fingerprint density at radius 3 is 2.19 bits per heavy atom. The SMILES string of the molecule is Oc1ccccc1-c1ccc2c(c1)C(c1cccc(-c3ccccn3)n1)c1ccccc1-2. The second kappa shape index (κ2) is 7.47. The van der Waals surface area contributed by atoms with Crippen LogP contribution in [0.15, 0.2) is 109 Å². The highest BCUT2D eigenvalue weighted by atomic mass is 16.3. The molecule has 1 atom stereocenters. The molecule has 0 radical (unpaired) electrons. The van der Waals surface area contributed by atoms with Gasteiger partial charge in [0.05, 0.1) is 23.0 Å². The quantitative estimate of drug-likeness (QED) is 0.353. The van der Waals surface area contributed by atoms with E-state index in [1.54, 1.807) is 12.3 Å². The summed E-state index contributed by atoms with van der Waals surface area (Å²) in [5.74, 6) is 0.311. The Balaban J connectivity index is 1.54. The lowest BCUT2D eigenvalue weighted by atomic mass is 9.90. The molecule has 2 heterocycles. The molecule has 1 N–H and O–H groups in total. The normalized spacial score (nSPS) is 14.1. The van der Waals surface area contributed by atoms with Gasteiger partial charge in [-0.3, -0.25) is 9.97 Å². The number of nitrogens with zero attached hydrogens (tertiary/aromatic N) is 2. The maximum Gasteiger partial charge on any atom is 0.123 e. The van der Waals surface area contributed by atoms with E-state index in [0.717, 1.165) is 28.2 Å². The minimum atomic E-state index is 0.0238. The van der Waals surface area contributed by atoms with Crippen LogP contribution in [0, 0.1) is 0 Å². The lowest BCUT2D eigenvalue weighted by molar-refractivity contribution is 0.477. The average molecular weight is 412 g/mol. The Labute approximate surface area is 186 Å². The van der Waals surface area contributed by atoms with Crippen molar-refractivity contribution in [3.63, 3.8) is 0 Å². The first-order chi connectivity index (χ1) is 15.8. The van der Waals surface area contributed by atoms with Crippen LogP contribution in [-0.2, 0) is 0 Å². The predicted molar refractivity (Wildman–Crippen MR) is 127 cm³/mol. The average Bonchev–Trinajstić information content (AvgIpc) is 3.19. The summed E-state index contributed by atoms with van der Waals surface area (Å²) in [6.45, 7) is 0. The van der Waals surface area contributed by atoms with Gasteiger partial charge in [0.2, 0.25) is 0 Å². The zero-order valence-electron chi connectivity index (χ0n) is 17.3.